The number of nitrogens with one attached hydrogen (secondary N) is 3. The zero-order valence-corrected chi connectivity index (χ0v) is 14.4. The Labute approximate surface area is 149 Å². The van der Waals surface area contributed by atoms with Gasteiger partial charge >= 0.3 is 0 Å². The van der Waals surface area contributed by atoms with Crippen molar-refractivity contribution in [2.75, 3.05) is 18.9 Å². The molecular weight excluding hydrogens is 346 g/mol. The molecule has 1 unspecified atom stereocenters. The smallest absolute Gasteiger partial charge is 0.289 e. The second kappa shape index (κ2) is 6.48. The van der Waals surface area contributed by atoms with Crippen molar-refractivity contribution in [1.82, 2.24) is 10.6 Å². The lowest BCUT2D eigenvalue weighted by Gasteiger charge is -2.12. The fraction of sp³-hybridized carbons (Fsp3) is 0.412. The van der Waals surface area contributed by atoms with Crippen molar-refractivity contribution < 1.29 is 19.2 Å². The van der Waals surface area contributed by atoms with E-state index >= 15 is 0 Å². The van der Waals surface area contributed by atoms with E-state index in [0.29, 0.717) is 10.7 Å². The van der Waals surface area contributed by atoms with Crippen LogP contribution in [0.25, 0.3) is 0 Å². The van der Waals surface area contributed by atoms with Crippen LogP contribution >= 0.6 is 11.6 Å². The van der Waals surface area contributed by atoms with Gasteiger partial charge in [0, 0.05) is 18.0 Å². The second-order valence-electron chi connectivity index (χ2n) is 6.48. The Morgan fingerprint density at radius 3 is 2.56 bits per heavy atom. The summed E-state index contributed by atoms with van der Waals surface area (Å²) in [6, 6.07) is 4.54. The zero-order valence-electron chi connectivity index (χ0n) is 13.6. The van der Waals surface area contributed by atoms with Gasteiger partial charge in [0.15, 0.2) is 0 Å². The van der Waals surface area contributed by atoms with Gasteiger partial charge in [-0.1, -0.05) is 11.6 Å². The van der Waals surface area contributed by atoms with E-state index in [1.165, 1.54) is 13.1 Å². The Morgan fingerprint density at radius 2 is 1.96 bits per heavy atom. The van der Waals surface area contributed by atoms with Crippen LogP contribution in [0.4, 0.5) is 5.69 Å². The number of ketones is 1. The number of rotatable bonds is 6. The maximum atomic E-state index is 12.3. The molecule has 2 aliphatic rings. The first kappa shape index (κ1) is 17.4. The highest BCUT2D eigenvalue weighted by molar-refractivity contribution is 6.37. The number of hydrogen-bond acceptors (Lipinski definition) is 4. The Morgan fingerprint density at radius 1 is 1.24 bits per heavy atom. The van der Waals surface area contributed by atoms with Crippen molar-refractivity contribution in [3.05, 3.63) is 28.8 Å². The number of amides is 3. The highest BCUT2D eigenvalue weighted by Crippen LogP contribution is 2.70. The highest BCUT2D eigenvalue weighted by atomic mass is 35.5. The first-order chi connectivity index (χ1) is 11.9. The zero-order chi connectivity index (χ0) is 18.2. The predicted octanol–water partition coefficient (Wildman–Crippen LogP) is 1.12. The molecule has 1 aromatic rings. The van der Waals surface area contributed by atoms with Gasteiger partial charge in [0.2, 0.25) is 11.7 Å². The third-order valence-corrected chi connectivity index (χ3v) is 5.01. The van der Waals surface area contributed by atoms with E-state index < -0.39 is 24.1 Å². The SMILES string of the molecule is CNC(=O)C(=O)CNC(=O)c1cc(Cl)ccc1NC(=O)C1CC12CC2. The molecular formula is C17H18ClN3O4. The summed E-state index contributed by atoms with van der Waals surface area (Å²) >= 11 is 5.94. The molecule has 3 rings (SSSR count). The average molecular weight is 364 g/mol. The summed E-state index contributed by atoms with van der Waals surface area (Å²) < 4.78 is 0. The maximum absolute atomic E-state index is 12.3. The van der Waals surface area contributed by atoms with E-state index in [0.717, 1.165) is 19.3 Å². The molecule has 3 N–H and O–H groups in total. The normalized spacial score (nSPS) is 19.0. The number of hydrogen-bond donors (Lipinski definition) is 3. The van der Waals surface area contributed by atoms with Crippen LogP contribution in [0.3, 0.4) is 0 Å². The summed E-state index contributed by atoms with van der Waals surface area (Å²) in [5.41, 5.74) is 0.692. The summed E-state index contributed by atoms with van der Waals surface area (Å²) in [6.07, 6.45) is 3.07. The van der Waals surface area contributed by atoms with Crippen molar-refractivity contribution in [1.29, 1.82) is 0 Å². The number of halogens is 1. The van der Waals surface area contributed by atoms with E-state index in [1.807, 2.05) is 0 Å². The number of carbonyl (C=O) groups is 4. The third kappa shape index (κ3) is 3.66. The lowest BCUT2D eigenvalue weighted by Crippen LogP contribution is -2.38. The Hall–Kier alpha value is -2.41. The van der Waals surface area contributed by atoms with Gasteiger partial charge in [-0.2, -0.15) is 0 Å². The van der Waals surface area contributed by atoms with E-state index in [1.54, 1.807) is 12.1 Å². The van der Waals surface area contributed by atoms with Crippen molar-refractivity contribution in [2.45, 2.75) is 19.3 Å². The molecule has 1 aromatic carbocycles. The van der Waals surface area contributed by atoms with Gasteiger partial charge in [0.1, 0.15) is 0 Å². The molecule has 0 radical (unpaired) electrons. The molecule has 0 aliphatic heterocycles. The third-order valence-electron chi connectivity index (χ3n) is 4.77. The van der Waals surface area contributed by atoms with Crippen LogP contribution in [0.5, 0.6) is 0 Å². The first-order valence-corrected chi connectivity index (χ1v) is 8.37. The van der Waals surface area contributed by atoms with E-state index in [-0.39, 0.29) is 22.8 Å². The average Bonchev–Trinajstić information content (AvgIpc) is 3.52. The molecule has 7 nitrogen and oxygen atoms in total. The molecule has 132 valence electrons. The van der Waals surface area contributed by atoms with Crippen LogP contribution in [-0.2, 0) is 14.4 Å². The Kier molecular flexibility index (Phi) is 4.51. The quantitative estimate of drug-likeness (QED) is 0.659. The molecule has 0 heterocycles. The molecule has 2 saturated carbocycles. The number of carbonyl (C=O) groups excluding carboxylic acids is 4. The van der Waals surface area contributed by atoms with Crippen LogP contribution < -0.4 is 16.0 Å². The number of likely N-dealkylation sites (N-methyl/N-ethyl adjacent to an activating group) is 1. The van der Waals surface area contributed by atoms with E-state index in [2.05, 4.69) is 16.0 Å². The molecule has 8 heteroatoms. The first-order valence-electron chi connectivity index (χ1n) is 8.00. The predicted molar refractivity (Wildman–Crippen MR) is 91.3 cm³/mol. The highest BCUT2D eigenvalue weighted by Gasteiger charge is 2.65. The molecule has 2 fully saturated rings. The van der Waals surface area contributed by atoms with Gasteiger partial charge in [-0.25, -0.2) is 0 Å². The van der Waals surface area contributed by atoms with Gasteiger partial charge in [0.25, 0.3) is 11.8 Å². The number of Topliss-reactive ketones (excluding diaryl/α,β-unsaturated/α-hetero) is 1. The summed E-state index contributed by atoms with van der Waals surface area (Å²) in [5.74, 6) is -2.24. The lowest BCUT2D eigenvalue weighted by molar-refractivity contribution is -0.136. The summed E-state index contributed by atoms with van der Waals surface area (Å²) in [5, 5.41) is 7.66. The minimum absolute atomic E-state index is 0.00826. The summed E-state index contributed by atoms with van der Waals surface area (Å²) in [7, 11) is 1.33. The van der Waals surface area contributed by atoms with Crippen LogP contribution in [0.2, 0.25) is 5.02 Å². The second-order valence-corrected chi connectivity index (χ2v) is 6.92. The fourth-order valence-electron chi connectivity index (χ4n) is 2.94. The summed E-state index contributed by atoms with van der Waals surface area (Å²) in [4.78, 5) is 47.3. The van der Waals surface area contributed by atoms with Crippen molar-refractivity contribution >= 4 is 40.8 Å². The van der Waals surface area contributed by atoms with Crippen molar-refractivity contribution in [3.8, 4) is 0 Å². The minimum atomic E-state index is -0.789. The Balaban J connectivity index is 1.68. The topological polar surface area (TPSA) is 104 Å². The van der Waals surface area contributed by atoms with Crippen LogP contribution in [0.1, 0.15) is 29.6 Å². The number of anilines is 1. The Bertz CT molecular complexity index is 773. The van der Waals surface area contributed by atoms with Crippen molar-refractivity contribution in [2.24, 2.45) is 11.3 Å². The van der Waals surface area contributed by atoms with Crippen LogP contribution in [0.15, 0.2) is 18.2 Å². The maximum Gasteiger partial charge on any atom is 0.289 e. The molecule has 1 atom stereocenters. The molecule has 0 aromatic heterocycles. The van der Waals surface area contributed by atoms with Gasteiger partial charge in [-0.05, 0) is 42.9 Å². The van der Waals surface area contributed by atoms with E-state index in [4.69, 9.17) is 11.6 Å². The van der Waals surface area contributed by atoms with Crippen molar-refractivity contribution in [3.63, 3.8) is 0 Å². The summed E-state index contributed by atoms with van der Waals surface area (Å²) in [6.45, 7) is -0.440. The monoisotopic (exact) mass is 363 g/mol. The molecule has 3 amide bonds. The molecule has 0 bridgehead atoms. The number of benzene rings is 1. The van der Waals surface area contributed by atoms with Gasteiger partial charge in [-0.15, -0.1) is 0 Å². The van der Waals surface area contributed by atoms with Crippen LogP contribution in [-0.4, -0.2) is 37.1 Å². The fourth-order valence-corrected chi connectivity index (χ4v) is 3.11. The standard InChI is InChI=1S/C17H18ClN3O4/c1-19-16(25)13(22)8-20-14(23)10-6-9(18)2-3-12(10)21-15(24)11-7-17(11)4-5-17/h2-3,6,11H,4-5,7-8H2,1H3,(H,19,25)(H,20,23)(H,21,24). The van der Waals surface area contributed by atoms with Gasteiger partial charge < -0.3 is 16.0 Å². The van der Waals surface area contributed by atoms with Gasteiger partial charge in [-0.3, -0.25) is 19.2 Å². The van der Waals surface area contributed by atoms with E-state index in [9.17, 15) is 19.2 Å². The minimum Gasteiger partial charge on any atom is -0.353 e. The molecule has 0 saturated heterocycles. The van der Waals surface area contributed by atoms with Gasteiger partial charge in [0.05, 0.1) is 17.8 Å². The lowest BCUT2D eigenvalue weighted by atomic mass is 10.1. The molecule has 25 heavy (non-hydrogen) atoms. The molecule has 1 spiro atoms. The largest absolute Gasteiger partial charge is 0.353 e. The van der Waals surface area contributed by atoms with Crippen LogP contribution in [0, 0.1) is 11.3 Å². The molecule has 2 aliphatic carbocycles.